The van der Waals surface area contributed by atoms with Crippen LogP contribution in [0.5, 0.6) is 0 Å². The average Bonchev–Trinajstić information content (AvgIpc) is 2.98. The van der Waals surface area contributed by atoms with Crippen LogP contribution in [0.2, 0.25) is 0 Å². The Morgan fingerprint density at radius 3 is 2.57 bits per heavy atom. The molecule has 1 fully saturated rings. The molecule has 0 radical (unpaired) electrons. The summed E-state index contributed by atoms with van der Waals surface area (Å²) >= 11 is 1.71. The van der Waals surface area contributed by atoms with Crippen LogP contribution in [0.3, 0.4) is 0 Å². The monoisotopic (exact) mass is 302 g/mol. The summed E-state index contributed by atoms with van der Waals surface area (Å²) in [6, 6.07) is 10.3. The van der Waals surface area contributed by atoms with Crippen molar-refractivity contribution < 1.29 is 4.79 Å². The summed E-state index contributed by atoms with van der Waals surface area (Å²) in [5.74, 6) is -0.260. The number of thiazole rings is 1. The van der Waals surface area contributed by atoms with E-state index < -0.39 is 0 Å². The molecule has 0 atom stereocenters. The van der Waals surface area contributed by atoms with Gasteiger partial charge in [0.1, 0.15) is 0 Å². The van der Waals surface area contributed by atoms with Gasteiger partial charge in [0, 0.05) is 32.4 Å². The van der Waals surface area contributed by atoms with Crippen LogP contribution in [-0.2, 0) is 4.79 Å². The molecule has 2 heterocycles. The molecule has 5 nitrogen and oxygen atoms in total. The van der Waals surface area contributed by atoms with Gasteiger partial charge in [0.25, 0.3) is 0 Å². The summed E-state index contributed by atoms with van der Waals surface area (Å²) in [6.45, 7) is 3.82. The van der Waals surface area contributed by atoms with Gasteiger partial charge >= 0.3 is 0 Å². The van der Waals surface area contributed by atoms with Crippen LogP contribution in [-0.4, -0.2) is 48.5 Å². The smallest absolute Gasteiger partial charge is 0.231 e. The molecule has 6 heteroatoms. The van der Waals surface area contributed by atoms with Gasteiger partial charge in [-0.2, -0.15) is 0 Å². The van der Waals surface area contributed by atoms with Crippen molar-refractivity contribution in [3.8, 4) is 10.4 Å². The van der Waals surface area contributed by atoms with Crippen molar-refractivity contribution in [3.05, 3.63) is 36.5 Å². The molecule has 2 N–H and O–H groups in total. The highest BCUT2D eigenvalue weighted by Crippen LogP contribution is 2.31. The Bertz CT molecular complexity index is 605. The van der Waals surface area contributed by atoms with Crippen molar-refractivity contribution >= 4 is 22.4 Å². The number of amides is 1. The molecule has 1 aromatic heterocycles. The van der Waals surface area contributed by atoms with E-state index in [4.69, 9.17) is 5.73 Å². The van der Waals surface area contributed by atoms with Crippen molar-refractivity contribution in [2.24, 2.45) is 5.73 Å². The fourth-order valence-corrected chi connectivity index (χ4v) is 3.44. The minimum atomic E-state index is -0.260. The molecular formula is C15H18N4OS. The standard InChI is InChI=1S/C15H18N4OS/c16-14(20)11-18-6-8-19(9-7-18)15-17-10-13(21-15)12-4-2-1-3-5-12/h1-5,10H,6-9,11H2,(H2,16,20). The predicted molar refractivity (Wildman–Crippen MR) is 85.4 cm³/mol. The minimum Gasteiger partial charge on any atom is -0.369 e. The third-order valence-corrected chi connectivity index (χ3v) is 4.68. The number of piperazine rings is 1. The van der Waals surface area contributed by atoms with Crippen molar-refractivity contribution in [3.63, 3.8) is 0 Å². The third-order valence-electron chi connectivity index (χ3n) is 3.57. The summed E-state index contributed by atoms with van der Waals surface area (Å²) in [5.41, 5.74) is 6.43. The maximum atomic E-state index is 10.9. The van der Waals surface area contributed by atoms with E-state index >= 15 is 0 Å². The molecular weight excluding hydrogens is 284 g/mol. The summed E-state index contributed by atoms with van der Waals surface area (Å²) in [7, 11) is 0. The molecule has 1 amide bonds. The number of primary amides is 1. The van der Waals surface area contributed by atoms with E-state index in [1.54, 1.807) is 11.3 Å². The highest BCUT2D eigenvalue weighted by molar-refractivity contribution is 7.18. The van der Waals surface area contributed by atoms with Crippen molar-refractivity contribution in [1.82, 2.24) is 9.88 Å². The van der Waals surface area contributed by atoms with Gasteiger partial charge in [0.2, 0.25) is 5.91 Å². The van der Waals surface area contributed by atoms with Gasteiger partial charge in [0.15, 0.2) is 5.13 Å². The zero-order valence-electron chi connectivity index (χ0n) is 11.7. The molecule has 0 spiro atoms. The zero-order chi connectivity index (χ0) is 14.7. The SMILES string of the molecule is NC(=O)CN1CCN(c2ncc(-c3ccccc3)s2)CC1. The van der Waals surface area contributed by atoms with E-state index in [9.17, 15) is 4.79 Å². The van der Waals surface area contributed by atoms with E-state index in [2.05, 4.69) is 26.9 Å². The van der Waals surface area contributed by atoms with Crippen LogP contribution >= 0.6 is 11.3 Å². The Kier molecular flexibility index (Phi) is 4.17. The van der Waals surface area contributed by atoms with Gasteiger partial charge in [-0.15, -0.1) is 0 Å². The number of nitrogens with zero attached hydrogens (tertiary/aromatic N) is 3. The normalized spacial score (nSPS) is 16.1. The molecule has 21 heavy (non-hydrogen) atoms. The quantitative estimate of drug-likeness (QED) is 0.928. The topological polar surface area (TPSA) is 62.5 Å². The summed E-state index contributed by atoms with van der Waals surface area (Å²) < 4.78 is 0. The van der Waals surface area contributed by atoms with Gasteiger partial charge < -0.3 is 10.6 Å². The summed E-state index contributed by atoms with van der Waals surface area (Å²) in [5, 5.41) is 1.05. The molecule has 1 aromatic carbocycles. The number of carbonyl (C=O) groups excluding carboxylic acids is 1. The fraction of sp³-hybridized carbons (Fsp3) is 0.333. The maximum absolute atomic E-state index is 10.9. The first-order chi connectivity index (χ1) is 10.2. The largest absolute Gasteiger partial charge is 0.369 e. The van der Waals surface area contributed by atoms with E-state index in [1.807, 2.05) is 24.4 Å². The zero-order valence-corrected chi connectivity index (χ0v) is 12.6. The molecule has 0 aliphatic carbocycles. The molecule has 1 aliphatic rings. The van der Waals surface area contributed by atoms with E-state index in [0.29, 0.717) is 6.54 Å². The molecule has 110 valence electrons. The van der Waals surface area contributed by atoms with Gasteiger partial charge in [-0.1, -0.05) is 41.7 Å². The summed E-state index contributed by atoms with van der Waals surface area (Å²) in [4.78, 5) is 21.0. The lowest BCUT2D eigenvalue weighted by Gasteiger charge is -2.33. The lowest BCUT2D eigenvalue weighted by atomic mass is 10.2. The van der Waals surface area contributed by atoms with Gasteiger partial charge in [-0.05, 0) is 5.56 Å². The minimum absolute atomic E-state index is 0.260. The second kappa shape index (κ2) is 6.24. The number of carbonyl (C=O) groups is 1. The van der Waals surface area contributed by atoms with Crippen molar-refractivity contribution in [2.45, 2.75) is 0 Å². The van der Waals surface area contributed by atoms with Gasteiger partial charge in [-0.25, -0.2) is 4.98 Å². The number of nitrogens with two attached hydrogens (primary N) is 1. The van der Waals surface area contributed by atoms with Crippen LogP contribution in [0.1, 0.15) is 0 Å². The highest BCUT2D eigenvalue weighted by atomic mass is 32.1. The lowest BCUT2D eigenvalue weighted by Crippen LogP contribution is -2.48. The van der Waals surface area contributed by atoms with Gasteiger partial charge in [-0.3, -0.25) is 9.69 Å². The molecule has 0 saturated carbocycles. The third kappa shape index (κ3) is 3.40. The van der Waals surface area contributed by atoms with Crippen LogP contribution in [0.15, 0.2) is 36.5 Å². The summed E-state index contributed by atoms with van der Waals surface area (Å²) in [6.07, 6.45) is 1.94. The molecule has 1 aliphatic heterocycles. The highest BCUT2D eigenvalue weighted by Gasteiger charge is 2.20. The van der Waals surface area contributed by atoms with Crippen LogP contribution < -0.4 is 10.6 Å². The number of rotatable bonds is 4. The van der Waals surface area contributed by atoms with E-state index in [-0.39, 0.29) is 5.91 Å². The van der Waals surface area contributed by atoms with Crippen molar-refractivity contribution in [1.29, 1.82) is 0 Å². The van der Waals surface area contributed by atoms with Crippen LogP contribution in [0, 0.1) is 0 Å². The Hall–Kier alpha value is -1.92. The number of benzene rings is 1. The van der Waals surface area contributed by atoms with E-state index in [0.717, 1.165) is 31.3 Å². The molecule has 3 rings (SSSR count). The number of hydrogen-bond donors (Lipinski definition) is 1. The molecule has 2 aromatic rings. The lowest BCUT2D eigenvalue weighted by molar-refractivity contribution is -0.119. The van der Waals surface area contributed by atoms with E-state index in [1.165, 1.54) is 10.4 Å². The predicted octanol–water partition coefficient (Wildman–Crippen LogP) is 1.42. The second-order valence-corrected chi connectivity index (χ2v) is 6.11. The maximum Gasteiger partial charge on any atom is 0.231 e. The number of hydrogen-bond acceptors (Lipinski definition) is 5. The van der Waals surface area contributed by atoms with Crippen LogP contribution in [0.4, 0.5) is 5.13 Å². The van der Waals surface area contributed by atoms with Gasteiger partial charge in [0.05, 0.1) is 11.4 Å². The molecule has 0 unspecified atom stereocenters. The Balaban J connectivity index is 1.64. The first-order valence-electron chi connectivity index (χ1n) is 6.99. The van der Waals surface area contributed by atoms with Crippen molar-refractivity contribution in [2.75, 3.05) is 37.6 Å². The Labute approximate surface area is 128 Å². The number of aromatic nitrogens is 1. The number of anilines is 1. The first kappa shape index (κ1) is 14.0. The second-order valence-electron chi connectivity index (χ2n) is 5.10. The molecule has 0 bridgehead atoms. The van der Waals surface area contributed by atoms with Crippen LogP contribution in [0.25, 0.3) is 10.4 Å². The average molecular weight is 302 g/mol. The Morgan fingerprint density at radius 1 is 1.19 bits per heavy atom. The molecule has 1 saturated heterocycles. The fourth-order valence-electron chi connectivity index (χ4n) is 2.46. The Morgan fingerprint density at radius 2 is 1.90 bits per heavy atom. The first-order valence-corrected chi connectivity index (χ1v) is 7.81.